The Morgan fingerprint density at radius 3 is 2.77 bits per heavy atom. The first-order chi connectivity index (χ1) is 6.06. The van der Waals surface area contributed by atoms with Crippen molar-refractivity contribution in [2.24, 2.45) is 5.92 Å². The zero-order valence-corrected chi connectivity index (χ0v) is 8.61. The van der Waals surface area contributed by atoms with Gasteiger partial charge in [-0.2, -0.15) is 0 Å². The van der Waals surface area contributed by atoms with Crippen LogP contribution in [-0.2, 0) is 13.8 Å². The summed E-state index contributed by atoms with van der Waals surface area (Å²) in [7, 11) is 3.06. The molecule has 0 spiro atoms. The van der Waals surface area contributed by atoms with Gasteiger partial charge in [0, 0.05) is 16.5 Å². The monoisotopic (exact) mass is 203 g/mol. The molecule has 0 aromatic carbocycles. The molecule has 0 bridgehead atoms. The van der Waals surface area contributed by atoms with Gasteiger partial charge in [0.05, 0.1) is 6.10 Å². The predicted octanol–water partition coefficient (Wildman–Crippen LogP) is 0.961. The Bertz CT molecular complexity index is 201. The van der Waals surface area contributed by atoms with Crippen LogP contribution in [0, 0.1) is 5.92 Å². The summed E-state index contributed by atoms with van der Waals surface area (Å²) in [5.74, 6) is -0.0453. The summed E-state index contributed by atoms with van der Waals surface area (Å²) >= 11 is 0. The van der Waals surface area contributed by atoms with E-state index in [1.807, 2.05) is 13.8 Å². The molecule has 0 aromatic rings. The highest BCUT2D eigenvalue weighted by molar-refractivity contribution is 7.32. The molecule has 72 valence electrons. The van der Waals surface area contributed by atoms with Gasteiger partial charge in [-0.15, -0.1) is 9.42 Å². The van der Waals surface area contributed by atoms with Crippen LogP contribution in [-0.4, -0.2) is 31.0 Å². The maximum atomic E-state index is 10.5. The zero-order valence-electron chi connectivity index (χ0n) is 7.71. The molecule has 5 atom stereocenters. The van der Waals surface area contributed by atoms with E-state index in [0.717, 1.165) is 6.42 Å². The van der Waals surface area contributed by atoms with Crippen LogP contribution < -0.4 is 0 Å². The highest BCUT2D eigenvalue weighted by Crippen LogP contribution is 2.34. The van der Waals surface area contributed by atoms with Crippen molar-refractivity contribution < 1.29 is 18.7 Å². The molecule has 1 N–H and O–H groups in total. The number of hydrogen-bond donors (Lipinski definition) is 1. The summed E-state index contributed by atoms with van der Waals surface area (Å²) in [5.41, 5.74) is 0. The van der Waals surface area contributed by atoms with Crippen molar-refractivity contribution in [3.8, 4) is 0 Å². The van der Waals surface area contributed by atoms with Crippen molar-refractivity contribution in [3.63, 3.8) is 0 Å². The standard InChI is InChI=1S/C7H12BO4P/c1-3-5-6(12-13(9)10)4(2)7(8)11-5/h4-7H,3H2,1-2H3/p+1/t4-,5+,6?,7+/m0/s1. The van der Waals surface area contributed by atoms with Gasteiger partial charge in [-0.1, -0.05) is 13.8 Å². The second-order valence-corrected chi connectivity index (χ2v) is 3.90. The molecule has 1 heterocycles. The van der Waals surface area contributed by atoms with Gasteiger partial charge >= 0.3 is 8.25 Å². The van der Waals surface area contributed by atoms with Gasteiger partial charge in [0.25, 0.3) is 0 Å². The first kappa shape index (κ1) is 11.1. The number of hydrogen-bond acceptors (Lipinski definition) is 3. The van der Waals surface area contributed by atoms with E-state index in [1.54, 1.807) is 0 Å². The molecule has 1 rings (SSSR count). The third kappa shape index (κ3) is 2.50. The molecule has 1 aliphatic heterocycles. The lowest BCUT2D eigenvalue weighted by Gasteiger charge is -2.12. The first-order valence-corrected chi connectivity index (χ1v) is 5.43. The Balaban J connectivity index is 2.62. The van der Waals surface area contributed by atoms with Crippen molar-refractivity contribution in [2.45, 2.75) is 38.5 Å². The maximum Gasteiger partial charge on any atom is 0.695 e. The van der Waals surface area contributed by atoms with E-state index < -0.39 is 14.3 Å². The summed E-state index contributed by atoms with van der Waals surface area (Å²) < 4.78 is 20.7. The molecule has 0 amide bonds. The smallest absolute Gasteiger partial charge is 0.381 e. The molecule has 1 fully saturated rings. The van der Waals surface area contributed by atoms with E-state index in [2.05, 4.69) is 0 Å². The van der Waals surface area contributed by atoms with Crippen molar-refractivity contribution in [1.29, 1.82) is 0 Å². The third-order valence-corrected chi connectivity index (χ3v) is 2.77. The van der Waals surface area contributed by atoms with Gasteiger partial charge in [-0.25, -0.2) is 0 Å². The summed E-state index contributed by atoms with van der Waals surface area (Å²) in [6.07, 6.45) is 0.191. The minimum absolute atomic E-state index is 0.0453. The molecule has 13 heavy (non-hydrogen) atoms. The lowest BCUT2D eigenvalue weighted by atomic mass is 9.86. The first-order valence-electron chi connectivity index (χ1n) is 4.30. The molecule has 0 aliphatic carbocycles. The minimum Gasteiger partial charge on any atom is -0.381 e. The van der Waals surface area contributed by atoms with Crippen LogP contribution in [0.5, 0.6) is 0 Å². The Kier molecular flexibility index (Phi) is 3.86. The van der Waals surface area contributed by atoms with Gasteiger partial charge in [0.15, 0.2) is 0 Å². The molecular formula is C7H13BO4P+. The summed E-state index contributed by atoms with van der Waals surface area (Å²) in [6, 6.07) is -0.398. The van der Waals surface area contributed by atoms with Crippen LogP contribution in [0.1, 0.15) is 20.3 Å². The SMILES string of the molecule is [B][C@@H]1O[C@H](CC)C(O[P+](=O)O)[C@@H]1C. The van der Waals surface area contributed by atoms with E-state index in [0.29, 0.717) is 0 Å². The van der Waals surface area contributed by atoms with Crippen LogP contribution in [0.15, 0.2) is 0 Å². The van der Waals surface area contributed by atoms with Crippen molar-refractivity contribution in [3.05, 3.63) is 0 Å². The minimum atomic E-state index is -2.58. The van der Waals surface area contributed by atoms with Gasteiger partial charge in [-0.05, 0) is 6.42 Å². The molecule has 1 saturated heterocycles. The fourth-order valence-electron chi connectivity index (χ4n) is 1.53. The van der Waals surface area contributed by atoms with Crippen molar-refractivity contribution in [1.82, 2.24) is 0 Å². The Morgan fingerprint density at radius 2 is 2.31 bits per heavy atom. The second kappa shape index (κ2) is 4.51. The molecule has 2 unspecified atom stereocenters. The maximum absolute atomic E-state index is 10.5. The fourth-order valence-corrected chi connectivity index (χ4v) is 2.06. The van der Waals surface area contributed by atoms with E-state index in [-0.39, 0.29) is 18.1 Å². The van der Waals surface area contributed by atoms with E-state index in [4.69, 9.17) is 22.0 Å². The van der Waals surface area contributed by atoms with Gasteiger partial charge < -0.3 is 4.74 Å². The average molecular weight is 203 g/mol. The van der Waals surface area contributed by atoms with E-state index in [1.165, 1.54) is 0 Å². The van der Waals surface area contributed by atoms with E-state index >= 15 is 0 Å². The molecule has 2 radical (unpaired) electrons. The second-order valence-electron chi connectivity index (χ2n) is 3.21. The largest absolute Gasteiger partial charge is 0.695 e. The van der Waals surface area contributed by atoms with Crippen LogP contribution in [0.3, 0.4) is 0 Å². The normalized spacial score (nSPS) is 40.7. The van der Waals surface area contributed by atoms with Crippen molar-refractivity contribution in [2.75, 3.05) is 0 Å². The topological polar surface area (TPSA) is 55.8 Å². The third-order valence-electron chi connectivity index (χ3n) is 2.35. The number of rotatable bonds is 3. The molecule has 6 heteroatoms. The van der Waals surface area contributed by atoms with Crippen LogP contribution >= 0.6 is 8.25 Å². The van der Waals surface area contributed by atoms with Gasteiger partial charge in [0.1, 0.15) is 14.0 Å². The quantitative estimate of drug-likeness (QED) is 0.548. The van der Waals surface area contributed by atoms with E-state index in [9.17, 15) is 4.57 Å². The average Bonchev–Trinajstić information content (AvgIpc) is 2.31. The molecule has 0 saturated carbocycles. The highest BCUT2D eigenvalue weighted by atomic mass is 31.1. The predicted molar refractivity (Wildman–Crippen MR) is 48.6 cm³/mol. The molecule has 0 aromatic heterocycles. The fraction of sp³-hybridized carbons (Fsp3) is 1.00. The highest BCUT2D eigenvalue weighted by Gasteiger charge is 2.44. The molecular weight excluding hydrogens is 190 g/mol. The zero-order chi connectivity index (χ0) is 10.0. The Labute approximate surface area is 80.0 Å². The summed E-state index contributed by atoms with van der Waals surface area (Å²) in [5, 5.41) is 0. The number of ether oxygens (including phenoxy) is 1. The molecule has 4 nitrogen and oxygen atoms in total. The van der Waals surface area contributed by atoms with Crippen LogP contribution in [0.25, 0.3) is 0 Å². The summed E-state index contributed by atoms with van der Waals surface area (Å²) in [4.78, 5) is 8.62. The van der Waals surface area contributed by atoms with Crippen LogP contribution in [0.2, 0.25) is 0 Å². The lowest BCUT2D eigenvalue weighted by molar-refractivity contribution is 0.0386. The Hall–Kier alpha value is 0.0449. The van der Waals surface area contributed by atoms with Crippen LogP contribution in [0.4, 0.5) is 0 Å². The molecule has 1 aliphatic rings. The van der Waals surface area contributed by atoms with Gasteiger partial charge in [0.2, 0.25) is 0 Å². The van der Waals surface area contributed by atoms with Gasteiger partial charge in [-0.3, -0.25) is 0 Å². The Morgan fingerprint density at radius 1 is 1.69 bits per heavy atom. The lowest BCUT2D eigenvalue weighted by Crippen LogP contribution is -2.26. The van der Waals surface area contributed by atoms with Crippen molar-refractivity contribution >= 4 is 16.1 Å². The summed E-state index contributed by atoms with van der Waals surface area (Å²) in [6.45, 7) is 3.78.